The molecule has 0 bridgehead atoms. The van der Waals surface area contributed by atoms with E-state index in [0.29, 0.717) is 11.4 Å². The van der Waals surface area contributed by atoms with Gasteiger partial charge in [0.25, 0.3) is 0 Å². The topological polar surface area (TPSA) is 29.5 Å². The minimum atomic E-state index is -0.230. The predicted octanol–water partition coefficient (Wildman–Crippen LogP) is 4.78. The number of carbonyl (C=O) groups is 1. The van der Waals surface area contributed by atoms with E-state index in [1.807, 2.05) is 47.4 Å². The van der Waals surface area contributed by atoms with Gasteiger partial charge < -0.3 is 9.64 Å². The van der Waals surface area contributed by atoms with Crippen molar-refractivity contribution in [1.29, 1.82) is 0 Å². The number of nitrogens with zero attached hydrogens (tertiary/aromatic N) is 1. The zero-order chi connectivity index (χ0) is 16.9. The highest BCUT2D eigenvalue weighted by molar-refractivity contribution is 6.30. The number of rotatable bonds is 5. The number of halogens is 1. The van der Waals surface area contributed by atoms with Crippen LogP contribution in [0.25, 0.3) is 0 Å². The number of ether oxygens (including phenoxy) is 1. The van der Waals surface area contributed by atoms with Gasteiger partial charge in [-0.3, -0.25) is 4.79 Å². The predicted molar refractivity (Wildman–Crippen MR) is 95.9 cm³/mol. The summed E-state index contributed by atoms with van der Waals surface area (Å²) in [6.07, 6.45) is 2.38. The second kappa shape index (κ2) is 7.82. The van der Waals surface area contributed by atoms with Crippen molar-refractivity contribution in [2.24, 2.45) is 0 Å². The molecule has 1 saturated heterocycles. The van der Waals surface area contributed by atoms with Crippen LogP contribution in [0.3, 0.4) is 0 Å². The molecule has 1 aliphatic rings. The third-order valence-corrected chi connectivity index (χ3v) is 4.83. The Labute approximate surface area is 148 Å². The molecule has 0 aliphatic carbocycles. The largest absolute Gasteiger partial charge is 0.374 e. The second-order valence-electron chi connectivity index (χ2n) is 6.11. The van der Waals surface area contributed by atoms with Crippen molar-refractivity contribution in [2.75, 3.05) is 13.7 Å². The maximum Gasteiger partial charge on any atom is 0.223 e. The summed E-state index contributed by atoms with van der Waals surface area (Å²) in [5.41, 5.74) is 2.11. The number of hydrogen-bond donors (Lipinski definition) is 0. The van der Waals surface area contributed by atoms with Gasteiger partial charge in [0.1, 0.15) is 6.10 Å². The number of amides is 1. The highest BCUT2D eigenvalue weighted by Gasteiger charge is 2.34. The Kier molecular flexibility index (Phi) is 5.54. The summed E-state index contributed by atoms with van der Waals surface area (Å²) < 4.78 is 5.86. The Balaban J connectivity index is 2.02. The summed E-state index contributed by atoms with van der Waals surface area (Å²) in [6, 6.07) is 17.7. The molecule has 4 heteroatoms. The van der Waals surface area contributed by atoms with Gasteiger partial charge in [0.15, 0.2) is 0 Å². The molecule has 126 valence electrons. The molecule has 2 atom stereocenters. The Morgan fingerprint density at radius 2 is 1.71 bits per heavy atom. The lowest BCUT2D eigenvalue weighted by Crippen LogP contribution is -2.41. The third kappa shape index (κ3) is 3.63. The number of hydrogen-bond acceptors (Lipinski definition) is 2. The summed E-state index contributed by atoms with van der Waals surface area (Å²) in [5.74, 6) is 0.200. The van der Waals surface area contributed by atoms with Crippen molar-refractivity contribution in [2.45, 2.75) is 31.4 Å². The summed E-state index contributed by atoms with van der Waals surface area (Å²) >= 11 is 6.02. The summed E-state index contributed by atoms with van der Waals surface area (Å²) in [4.78, 5) is 14.5. The number of benzene rings is 2. The fourth-order valence-corrected chi connectivity index (χ4v) is 3.52. The van der Waals surface area contributed by atoms with Crippen LogP contribution in [0.1, 0.15) is 42.5 Å². The summed E-state index contributed by atoms with van der Waals surface area (Å²) in [6.45, 7) is 0.770. The van der Waals surface area contributed by atoms with E-state index < -0.39 is 0 Å². The van der Waals surface area contributed by atoms with Crippen molar-refractivity contribution in [3.8, 4) is 0 Å². The smallest absolute Gasteiger partial charge is 0.223 e. The molecule has 2 aromatic rings. The Bertz CT molecular complexity index is 672. The van der Waals surface area contributed by atoms with Gasteiger partial charge in [-0.15, -0.1) is 0 Å². The molecule has 24 heavy (non-hydrogen) atoms. The maximum absolute atomic E-state index is 12.6. The first kappa shape index (κ1) is 17.0. The van der Waals surface area contributed by atoms with E-state index in [9.17, 15) is 4.79 Å². The van der Waals surface area contributed by atoms with E-state index >= 15 is 0 Å². The fourth-order valence-electron chi connectivity index (χ4n) is 3.39. The van der Waals surface area contributed by atoms with Gasteiger partial charge in [-0.2, -0.15) is 0 Å². The first-order valence-corrected chi connectivity index (χ1v) is 8.71. The first-order chi connectivity index (χ1) is 11.7. The van der Waals surface area contributed by atoms with E-state index in [2.05, 4.69) is 12.1 Å². The number of likely N-dealkylation sites (tertiary alicyclic amines) is 1. The quantitative estimate of drug-likeness (QED) is 0.781. The standard InChI is InChI=1S/C20H22ClNO2/c1-24-20(16-10-12-17(21)13-11-16)19(15-7-3-2-4-8-15)22-14-6-5-9-18(22)23/h2-4,7-8,10-13,19-20H,5-6,9,14H2,1H3/t19-,20+/m0/s1. The van der Waals surface area contributed by atoms with Crippen LogP contribution in [0, 0.1) is 0 Å². The van der Waals surface area contributed by atoms with Crippen LogP contribution in [0.5, 0.6) is 0 Å². The van der Waals surface area contributed by atoms with E-state index in [4.69, 9.17) is 16.3 Å². The minimum Gasteiger partial charge on any atom is -0.374 e. The Morgan fingerprint density at radius 3 is 2.33 bits per heavy atom. The first-order valence-electron chi connectivity index (χ1n) is 8.33. The van der Waals surface area contributed by atoms with Crippen molar-refractivity contribution in [3.05, 3.63) is 70.7 Å². The summed E-state index contributed by atoms with van der Waals surface area (Å²) in [7, 11) is 1.70. The van der Waals surface area contributed by atoms with E-state index in [1.165, 1.54) is 0 Å². The monoisotopic (exact) mass is 343 g/mol. The van der Waals surface area contributed by atoms with Gasteiger partial charge >= 0.3 is 0 Å². The molecule has 1 aliphatic heterocycles. The molecule has 1 heterocycles. The molecule has 0 unspecified atom stereocenters. The van der Waals surface area contributed by atoms with E-state index in [0.717, 1.165) is 30.5 Å². The van der Waals surface area contributed by atoms with Crippen LogP contribution in [-0.2, 0) is 9.53 Å². The Morgan fingerprint density at radius 1 is 1.00 bits per heavy atom. The maximum atomic E-state index is 12.6. The fraction of sp³-hybridized carbons (Fsp3) is 0.350. The molecule has 0 N–H and O–H groups in total. The van der Waals surface area contributed by atoms with Crippen LogP contribution in [0.2, 0.25) is 5.02 Å². The van der Waals surface area contributed by atoms with Crippen LogP contribution in [0.15, 0.2) is 54.6 Å². The molecule has 1 amide bonds. The molecule has 3 rings (SSSR count). The van der Waals surface area contributed by atoms with Crippen LogP contribution < -0.4 is 0 Å². The normalized spacial score (nSPS) is 17.6. The highest BCUT2D eigenvalue weighted by atomic mass is 35.5. The molecule has 0 spiro atoms. The van der Waals surface area contributed by atoms with Crippen molar-refractivity contribution in [1.82, 2.24) is 4.90 Å². The second-order valence-corrected chi connectivity index (χ2v) is 6.54. The molecule has 0 aromatic heterocycles. The van der Waals surface area contributed by atoms with Gasteiger partial charge in [-0.1, -0.05) is 54.1 Å². The van der Waals surface area contributed by atoms with Crippen LogP contribution in [0.4, 0.5) is 0 Å². The summed E-state index contributed by atoms with van der Waals surface area (Å²) in [5, 5.41) is 0.693. The van der Waals surface area contributed by atoms with Crippen LogP contribution >= 0.6 is 11.6 Å². The van der Waals surface area contributed by atoms with Gasteiger partial charge in [-0.05, 0) is 36.1 Å². The van der Waals surface area contributed by atoms with Crippen molar-refractivity contribution in [3.63, 3.8) is 0 Å². The van der Waals surface area contributed by atoms with Gasteiger partial charge in [-0.25, -0.2) is 0 Å². The molecular weight excluding hydrogens is 322 g/mol. The number of methoxy groups -OCH3 is 1. The van der Waals surface area contributed by atoms with E-state index in [-0.39, 0.29) is 18.1 Å². The molecule has 0 radical (unpaired) electrons. The zero-order valence-electron chi connectivity index (χ0n) is 13.8. The molecular formula is C20H22ClNO2. The van der Waals surface area contributed by atoms with Gasteiger partial charge in [0.2, 0.25) is 5.91 Å². The lowest BCUT2D eigenvalue weighted by atomic mass is 9.92. The average molecular weight is 344 g/mol. The number of piperidine rings is 1. The lowest BCUT2D eigenvalue weighted by molar-refractivity contribution is -0.139. The minimum absolute atomic E-state index is 0.134. The molecule has 2 aromatic carbocycles. The average Bonchev–Trinajstić information content (AvgIpc) is 2.62. The lowest BCUT2D eigenvalue weighted by Gasteiger charge is -2.39. The molecule has 3 nitrogen and oxygen atoms in total. The van der Waals surface area contributed by atoms with Gasteiger partial charge in [0.05, 0.1) is 6.04 Å². The third-order valence-electron chi connectivity index (χ3n) is 4.58. The Hall–Kier alpha value is -1.84. The zero-order valence-corrected chi connectivity index (χ0v) is 14.6. The van der Waals surface area contributed by atoms with Gasteiger partial charge in [0, 0.05) is 25.1 Å². The highest BCUT2D eigenvalue weighted by Crippen LogP contribution is 2.38. The molecule has 1 fully saturated rings. The molecule has 0 saturated carbocycles. The number of carbonyl (C=O) groups excluding carboxylic acids is 1. The van der Waals surface area contributed by atoms with E-state index in [1.54, 1.807) is 7.11 Å². The van der Waals surface area contributed by atoms with Crippen molar-refractivity contribution >= 4 is 17.5 Å². The van der Waals surface area contributed by atoms with Crippen molar-refractivity contribution < 1.29 is 9.53 Å². The SMILES string of the molecule is CO[C@H](c1ccc(Cl)cc1)[C@H](c1ccccc1)N1CCCCC1=O. The van der Waals surface area contributed by atoms with Crippen LogP contribution in [-0.4, -0.2) is 24.5 Å².